The number of nitrogens with zero attached hydrogens (tertiary/aromatic N) is 1. The number of amidine groups is 1. The number of aliphatic imine (C=N–C) groups is 1. The fourth-order valence-corrected chi connectivity index (χ4v) is 1.21. The molecule has 0 spiro atoms. The van der Waals surface area contributed by atoms with Crippen LogP contribution in [0.4, 0.5) is 0 Å². The maximum absolute atomic E-state index is 11.0. The SMILES string of the molecule is CCN=C(NN)C(C)S(C)(=O)=O. The Morgan fingerprint density at radius 3 is 2.42 bits per heavy atom. The number of sulfone groups is 1. The molecule has 1 atom stereocenters. The van der Waals surface area contributed by atoms with Crippen LogP contribution in [0.15, 0.2) is 4.99 Å². The summed E-state index contributed by atoms with van der Waals surface area (Å²) in [5.74, 6) is 5.42. The van der Waals surface area contributed by atoms with E-state index in [1.54, 1.807) is 6.92 Å². The zero-order chi connectivity index (χ0) is 9.78. The van der Waals surface area contributed by atoms with Crippen molar-refractivity contribution >= 4 is 15.7 Å². The monoisotopic (exact) mass is 193 g/mol. The average Bonchev–Trinajstić information content (AvgIpc) is 1.97. The average molecular weight is 193 g/mol. The third-order valence-corrected chi connectivity index (χ3v) is 3.01. The van der Waals surface area contributed by atoms with Gasteiger partial charge in [0.1, 0.15) is 11.1 Å². The Bertz CT molecular complexity index is 258. The van der Waals surface area contributed by atoms with Crippen LogP contribution in [0.25, 0.3) is 0 Å². The van der Waals surface area contributed by atoms with Crippen LogP contribution in [0.5, 0.6) is 0 Å². The maximum Gasteiger partial charge on any atom is 0.157 e. The highest BCUT2D eigenvalue weighted by atomic mass is 32.2. The van der Waals surface area contributed by atoms with Crippen LogP contribution in [-0.4, -0.2) is 32.3 Å². The van der Waals surface area contributed by atoms with Crippen molar-refractivity contribution in [3.8, 4) is 0 Å². The van der Waals surface area contributed by atoms with Crippen molar-refractivity contribution in [3.63, 3.8) is 0 Å². The molecular formula is C6H15N3O2S. The van der Waals surface area contributed by atoms with Crippen LogP contribution in [0.3, 0.4) is 0 Å². The molecule has 0 aliphatic carbocycles. The predicted molar refractivity (Wildman–Crippen MR) is 49.6 cm³/mol. The molecule has 0 aliphatic rings. The molecule has 5 nitrogen and oxygen atoms in total. The fraction of sp³-hybridized carbons (Fsp3) is 0.833. The van der Waals surface area contributed by atoms with Gasteiger partial charge in [-0.2, -0.15) is 0 Å². The van der Waals surface area contributed by atoms with Gasteiger partial charge in [0.05, 0.1) is 0 Å². The standard InChI is InChI=1S/C6H15N3O2S/c1-4-8-6(9-7)5(2)12(3,10)11/h5H,4,7H2,1-3H3,(H,8,9). The summed E-state index contributed by atoms with van der Waals surface area (Å²) in [5, 5.41) is -0.664. The van der Waals surface area contributed by atoms with E-state index in [2.05, 4.69) is 10.4 Å². The summed E-state index contributed by atoms with van der Waals surface area (Å²) in [4.78, 5) is 3.91. The van der Waals surface area contributed by atoms with Crippen LogP contribution < -0.4 is 11.3 Å². The van der Waals surface area contributed by atoms with Crippen LogP contribution in [0, 0.1) is 0 Å². The molecule has 0 amide bonds. The molecule has 0 bridgehead atoms. The first-order valence-corrected chi connectivity index (χ1v) is 5.58. The zero-order valence-electron chi connectivity index (χ0n) is 7.53. The highest BCUT2D eigenvalue weighted by Crippen LogP contribution is 1.98. The lowest BCUT2D eigenvalue weighted by molar-refractivity contribution is 0.598. The van der Waals surface area contributed by atoms with Crippen LogP contribution in [0.2, 0.25) is 0 Å². The molecule has 1 unspecified atom stereocenters. The van der Waals surface area contributed by atoms with Gasteiger partial charge in [-0.3, -0.25) is 4.99 Å². The Labute approximate surface area is 72.9 Å². The number of hydrogen-bond acceptors (Lipinski definition) is 4. The second-order valence-electron chi connectivity index (χ2n) is 2.48. The molecule has 0 heterocycles. The Balaban J connectivity index is 4.66. The molecule has 6 heteroatoms. The first-order chi connectivity index (χ1) is 5.43. The molecule has 0 saturated carbocycles. The number of hydrazine groups is 1. The van der Waals surface area contributed by atoms with E-state index < -0.39 is 15.1 Å². The van der Waals surface area contributed by atoms with Crippen molar-refractivity contribution in [3.05, 3.63) is 0 Å². The van der Waals surface area contributed by atoms with Gasteiger partial charge in [-0.15, -0.1) is 0 Å². The summed E-state index contributed by atoms with van der Waals surface area (Å²) in [7, 11) is -3.11. The second kappa shape index (κ2) is 4.42. The molecule has 0 aliphatic heterocycles. The highest BCUT2D eigenvalue weighted by Gasteiger charge is 2.20. The number of nitrogens with two attached hydrogens (primary N) is 1. The van der Waals surface area contributed by atoms with Gasteiger partial charge >= 0.3 is 0 Å². The molecule has 72 valence electrons. The van der Waals surface area contributed by atoms with E-state index in [0.29, 0.717) is 12.4 Å². The molecular weight excluding hydrogens is 178 g/mol. The third-order valence-electron chi connectivity index (χ3n) is 1.50. The Kier molecular flexibility index (Phi) is 4.19. The van der Waals surface area contributed by atoms with Crippen LogP contribution in [-0.2, 0) is 9.84 Å². The van der Waals surface area contributed by atoms with E-state index in [4.69, 9.17) is 5.84 Å². The van der Waals surface area contributed by atoms with Crippen molar-refractivity contribution in [1.82, 2.24) is 5.43 Å². The van der Waals surface area contributed by atoms with Gasteiger partial charge in [0.2, 0.25) is 0 Å². The van der Waals surface area contributed by atoms with Crippen molar-refractivity contribution in [2.24, 2.45) is 10.8 Å². The number of hydrogen-bond donors (Lipinski definition) is 2. The number of nitrogens with one attached hydrogen (secondary N) is 1. The smallest absolute Gasteiger partial charge is 0.157 e. The summed E-state index contributed by atoms with van der Waals surface area (Å²) < 4.78 is 22.1. The first kappa shape index (κ1) is 11.4. The lowest BCUT2D eigenvalue weighted by Crippen LogP contribution is -2.41. The normalized spacial score (nSPS) is 15.8. The number of rotatable bonds is 3. The largest absolute Gasteiger partial charge is 0.311 e. The third kappa shape index (κ3) is 3.19. The van der Waals surface area contributed by atoms with Crippen LogP contribution >= 0.6 is 0 Å². The van der Waals surface area contributed by atoms with Crippen molar-refractivity contribution in [2.75, 3.05) is 12.8 Å². The quantitative estimate of drug-likeness (QED) is 0.269. The van der Waals surface area contributed by atoms with Gasteiger partial charge in [-0.1, -0.05) is 0 Å². The Morgan fingerprint density at radius 2 is 2.17 bits per heavy atom. The van der Waals surface area contributed by atoms with Gasteiger partial charge in [0.15, 0.2) is 9.84 Å². The molecule has 0 aromatic carbocycles. The van der Waals surface area contributed by atoms with E-state index in [1.165, 1.54) is 0 Å². The minimum absolute atomic E-state index is 0.306. The lowest BCUT2D eigenvalue weighted by Gasteiger charge is -2.11. The van der Waals surface area contributed by atoms with E-state index in [9.17, 15) is 8.42 Å². The Hall–Kier alpha value is -0.620. The predicted octanol–water partition coefficient (Wildman–Crippen LogP) is -0.699. The van der Waals surface area contributed by atoms with Gasteiger partial charge in [-0.05, 0) is 13.8 Å². The lowest BCUT2D eigenvalue weighted by atomic mass is 10.4. The van der Waals surface area contributed by atoms with Gasteiger partial charge in [0, 0.05) is 12.8 Å². The fourth-order valence-electron chi connectivity index (χ4n) is 0.665. The summed E-state index contributed by atoms with van der Waals surface area (Å²) in [6.45, 7) is 3.87. The van der Waals surface area contributed by atoms with Crippen LogP contribution in [0.1, 0.15) is 13.8 Å². The maximum atomic E-state index is 11.0. The summed E-state index contributed by atoms with van der Waals surface area (Å²) >= 11 is 0. The van der Waals surface area contributed by atoms with E-state index >= 15 is 0 Å². The van der Waals surface area contributed by atoms with E-state index in [-0.39, 0.29) is 0 Å². The molecule has 12 heavy (non-hydrogen) atoms. The molecule has 0 aromatic heterocycles. The molecule has 0 aromatic rings. The molecule has 0 saturated heterocycles. The second-order valence-corrected chi connectivity index (χ2v) is 4.84. The van der Waals surface area contributed by atoms with Gasteiger partial charge < -0.3 is 5.43 Å². The minimum atomic E-state index is -3.11. The highest BCUT2D eigenvalue weighted by molar-refractivity contribution is 7.92. The summed E-state index contributed by atoms with van der Waals surface area (Å²) in [5.41, 5.74) is 2.28. The summed E-state index contributed by atoms with van der Waals surface area (Å²) in [6, 6.07) is 0. The van der Waals surface area contributed by atoms with Crippen molar-refractivity contribution in [2.45, 2.75) is 19.1 Å². The zero-order valence-corrected chi connectivity index (χ0v) is 8.35. The van der Waals surface area contributed by atoms with Crippen molar-refractivity contribution < 1.29 is 8.42 Å². The molecule has 3 N–H and O–H groups in total. The molecule has 0 radical (unpaired) electrons. The first-order valence-electron chi connectivity index (χ1n) is 3.63. The minimum Gasteiger partial charge on any atom is -0.311 e. The van der Waals surface area contributed by atoms with Gasteiger partial charge in [-0.25, -0.2) is 14.3 Å². The van der Waals surface area contributed by atoms with E-state index in [1.807, 2.05) is 6.92 Å². The Morgan fingerprint density at radius 1 is 1.67 bits per heavy atom. The topological polar surface area (TPSA) is 84.5 Å². The van der Waals surface area contributed by atoms with Crippen molar-refractivity contribution in [1.29, 1.82) is 0 Å². The molecule has 0 fully saturated rings. The van der Waals surface area contributed by atoms with E-state index in [0.717, 1.165) is 6.26 Å². The van der Waals surface area contributed by atoms with Gasteiger partial charge in [0.25, 0.3) is 0 Å². The summed E-state index contributed by atoms with van der Waals surface area (Å²) in [6.07, 6.45) is 1.15. The molecule has 0 rings (SSSR count).